The van der Waals surface area contributed by atoms with Gasteiger partial charge in [-0.1, -0.05) is 18.9 Å². The van der Waals surface area contributed by atoms with Gasteiger partial charge in [-0.3, -0.25) is 9.69 Å². The van der Waals surface area contributed by atoms with Crippen molar-refractivity contribution in [2.24, 2.45) is 0 Å². The van der Waals surface area contributed by atoms with Gasteiger partial charge in [0, 0.05) is 6.54 Å². The molecule has 0 amide bonds. The van der Waals surface area contributed by atoms with Crippen molar-refractivity contribution in [1.82, 2.24) is 4.90 Å². The minimum atomic E-state index is -0.431. The second-order valence-electron chi connectivity index (χ2n) is 4.66. The maximum atomic E-state index is 13.2. The van der Waals surface area contributed by atoms with E-state index in [9.17, 15) is 9.18 Å². The molecule has 0 atom stereocenters. The molecule has 1 saturated heterocycles. The van der Waals surface area contributed by atoms with Crippen LogP contribution in [0.2, 0.25) is 0 Å². The molecule has 0 bridgehead atoms. The third-order valence-corrected chi connectivity index (χ3v) is 3.29. The van der Waals surface area contributed by atoms with Gasteiger partial charge in [-0.05, 0) is 43.6 Å². The van der Waals surface area contributed by atoms with Crippen LogP contribution in [0, 0.1) is 5.82 Å². The zero-order valence-electron chi connectivity index (χ0n) is 9.99. The van der Waals surface area contributed by atoms with E-state index < -0.39 is 5.82 Å². The second kappa shape index (κ2) is 5.92. The van der Waals surface area contributed by atoms with E-state index in [1.807, 2.05) is 0 Å². The molecule has 1 aromatic carbocycles. The van der Waals surface area contributed by atoms with Crippen LogP contribution < -0.4 is 0 Å². The Balaban J connectivity index is 2.04. The molecule has 1 fully saturated rings. The molecular formula is C14H18FNO. The van der Waals surface area contributed by atoms with Crippen molar-refractivity contribution in [3.05, 3.63) is 35.1 Å². The molecule has 1 aliphatic rings. The van der Waals surface area contributed by atoms with Gasteiger partial charge in [-0.25, -0.2) is 4.39 Å². The molecule has 92 valence electrons. The Hall–Kier alpha value is -1.22. The summed E-state index contributed by atoms with van der Waals surface area (Å²) in [5, 5.41) is 0. The molecule has 0 radical (unpaired) electrons. The van der Waals surface area contributed by atoms with E-state index in [1.165, 1.54) is 31.7 Å². The van der Waals surface area contributed by atoms with Crippen LogP contribution in [0.5, 0.6) is 0 Å². The predicted octanol–water partition coefficient (Wildman–Crippen LogP) is 3.01. The number of hydrogen-bond donors (Lipinski definition) is 0. The molecular weight excluding hydrogens is 217 g/mol. The van der Waals surface area contributed by atoms with Crippen molar-refractivity contribution in [2.75, 3.05) is 13.1 Å². The lowest BCUT2D eigenvalue weighted by Gasteiger charge is -2.19. The first-order valence-electron chi connectivity index (χ1n) is 6.25. The third-order valence-electron chi connectivity index (χ3n) is 3.29. The van der Waals surface area contributed by atoms with Crippen molar-refractivity contribution in [3.63, 3.8) is 0 Å². The Morgan fingerprint density at radius 2 is 1.88 bits per heavy atom. The van der Waals surface area contributed by atoms with Crippen molar-refractivity contribution in [3.8, 4) is 0 Å². The second-order valence-corrected chi connectivity index (χ2v) is 4.66. The Morgan fingerprint density at radius 3 is 2.53 bits per heavy atom. The summed E-state index contributed by atoms with van der Waals surface area (Å²) in [6.07, 6.45) is 5.67. The minimum absolute atomic E-state index is 0.164. The standard InChI is InChI=1S/C14H18FNO/c15-14-6-5-12(9-13(14)11-17)10-16-7-3-1-2-4-8-16/h5-6,9,11H,1-4,7-8,10H2. The van der Waals surface area contributed by atoms with Crippen molar-refractivity contribution in [1.29, 1.82) is 0 Å². The average Bonchev–Trinajstić information content (AvgIpc) is 2.60. The first kappa shape index (κ1) is 12.2. The smallest absolute Gasteiger partial charge is 0.153 e. The van der Waals surface area contributed by atoms with Gasteiger partial charge in [0.25, 0.3) is 0 Å². The van der Waals surface area contributed by atoms with E-state index in [4.69, 9.17) is 0 Å². The number of benzene rings is 1. The summed E-state index contributed by atoms with van der Waals surface area (Å²) in [6, 6.07) is 4.82. The predicted molar refractivity (Wildman–Crippen MR) is 65.5 cm³/mol. The highest BCUT2D eigenvalue weighted by molar-refractivity contribution is 5.75. The fraction of sp³-hybridized carbons (Fsp3) is 0.500. The summed E-state index contributed by atoms with van der Waals surface area (Å²) in [5.41, 5.74) is 1.19. The molecule has 0 spiro atoms. The van der Waals surface area contributed by atoms with Gasteiger partial charge in [0.15, 0.2) is 6.29 Å². The molecule has 1 heterocycles. The number of halogens is 1. The number of carbonyl (C=O) groups excluding carboxylic acids is 1. The van der Waals surface area contributed by atoms with E-state index in [0.29, 0.717) is 6.29 Å². The van der Waals surface area contributed by atoms with Gasteiger partial charge in [-0.2, -0.15) is 0 Å². The van der Waals surface area contributed by atoms with Gasteiger partial charge in [0.05, 0.1) is 5.56 Å². The summed E-state index contributed by atoms with van der Waals surface area (Å²) in [5.74, 6) is -0.431. The van der Waals surface area contributed by atoms with Crippen LogP contribution in [-0.4, -0.2) is 24.3 Å². The van der Waals surface area contributed by atoms with Crippen LogP contribution in [0.4, 0.5) is 4.39 Å². The summed E-state index contributed by atoms with van der Waals surface area (Å²) < 4.78 is 13.2. The maximum absolute atomic E-state index is 13.2. The zero-order chi connectivity index (χ0) is 12.1. The highest BCUT2D eigenvalue weighted by Gasteiger charge is 2.10. The van der Waals surface area contributed by atoms with Crippen molar-refractivity contribution < 1.29 is 9.18 Å². The SMILES string of the molecule is O=Cc1cc(CN2CCCCCC2)ccc1F. The molecule has 3 heteroatoms. The lowest BCUT2D eigenvalue weighted by molar-refractivity contribution is 0.111. The molecule has 0 N–H and O–H groups in total. The Morgan fingerprint density at radius 1 is 1.18 bits per heavy atom. The molecule has 0 saturated carbocycles. The fourth-order valence-corrected chi connectivity index (χ4v) is 2.33. The number of carbonyl (C=O) groups is 1. The normalized spacial score (nSPS) is 17.7. The van der Waals surface area contributed by atoms with Crippen LogP contribution in [0.1, 0.15) is 41.6 Å². The minimum Gasteiger partial charge on any atom is -0.299 e. The third kappa shape index (κ3) is 3.37. The largest absolute Gasteiger partial charge is 0.299 e. The van der Waals surface area contributed by atoms with Gasteiger partial charge >= 0.3 is 0 Å². The molecule has 1 aromatic rings. The quantitative estimate of drug-likeness (QED) is 0.751. The Kier molecular flexibility index (Phi) is 4.26. The summed E-state index contributed by atoms with van der Waals surface area (Å²) in [6.45, 7) is 3.03. The number of nitrogens with zero attached hydrogens (tertiary/aromatic N) is 1. The van der Waals surface area contributed by atoms with E-state index in [-0.39, 0.29) is 5.56 Å². The highest BCUT2D eigenvalue weighted by Crippen LogP contribution is 2.15. The van der Waals surface area contributed by atoms with E-state index in [2.05, 4.69) is 4.90 Å². The topological polar surface area (TPSA) is 20.3 Å². The Bertz CT molecular complexity index is 384. The van der Waals surface area contributed by atoms with E-state index in [0.717, 1.165) is 25.2 Å². The molecule has 2 nitrogen and oxygen atoms in total. The molecule has 17 heavy (non-hydrogen) atoms. The van der Waals surface area contributed by atoms with E-state index >= 15 is 0 Å². The monoisotopic (exact) mass is 235 g/mol. The maximum Gasteiger partial charge on any atom is 0.153 e. The summed E-state index contributed by atoms with van der Waals surface area (Å²) in [4.78, 5) is 13.1. The average molecular weight is 235 g/mol. The molecule has 2 rings (SSSR count). The molecule has 1 aliphatic heterocycles. The summed E-state index contributed by atoms with van der Waals surface area (Å²) in [7, 11) is 0. The van der Waals surface area contributed by atoms with Crippen molar-refractivity contribution in [2.45, 2.75) is 32.2 Å². The van der Waals surface area contributed by atoms with E-state index in [1.54, 1.807) is 12.1 Å². The number of rotatable bonds is 3. The van der Waals surface area contributed by atoms with Crippen LogP contribution in [-0.2, 0) is 6.54 Å². The van der Waals surface area contributed by atoms with Crippen LogP contribution in [0.25, 0.3) is 0 Å². The highest BCUT2D eigenvalue weighted by atomic mass is 19.1. The van der Waals surface area contributed by atoms with Gasteiger partial charge in [0.1, 0.15) is 5.82 Å². The van der Waals surface area contributed by atoms with Crippen molar-refractivity contribution >= 4 is 6.29 Å². The lowest BCUT2D eigenvalue weighted by atomic mass is 10.1. The number of aldehydes is 1. The van der Waals surface area contributed by atoms with Gasteiger partial charge in [-0.15, -0.1) is 0 Å². The van der Waals surface area contributed by atoms with Crippen LogP contribution in [0.3, 0.4) is 0 Å². The fourth-order valence-electron chi connectivity index (χ4n) is 2.33. The molecule has 0 unspecified atom stereocenters. The zero-order valence-corrected chi connectivity index (χ0v) is 9.99. The van der Waals surface area contributed by atoms with Gasteiger partial charge in [0.2, 0.25) is 0 Å². The molecule has 0 aliphatic carbocycles. The van der Waals surface area contributed by atoms with Crippen LogP contribution in [0.15, 0.2) is 18.2 Å². The lowest BCUT2D eigenvalue weighted by Crippen LogP contribution is -2.24. The summed E-state index contributed by atoms with van der Waals surface area (Å²) >= 11 is 0. The Labute approximate surface area is 101 Å². The first-order valence-corrected chi connectivity index (χ1v) is 6.25. The first-order chi connectivity index (χ1) is 8.29. The number of likely N-dealkylation sites (tertiary alicyclic amines) is 1. The van der Waals surface area contributed by atoms with Crippen LogP contribution >= 0.6 is 0 Å². The molecule has 0 aromatic heterocycles. The van der Waals surface area contributed by atoms with Gasteiger partial charge < -0.3 is 0 Å². The number of hydrogen-bond acceptors (Lipinski definition) is 2.